The van der Waals surface area contributed by atoms with E-state index in [1.54, 1.807) is 6.07 Å². The Morgan fingerprint density at radius 3 is 2.52 bits per heavy atom. The molecule has 2 aromatic carbocycles. The number of ether oxygens (including phenoxy) is 1. The number of benzene rings is 2. The van der Waals surface area contributed by atoms with Crippen molar-refractivity contribution in [1.29, 1.82) is 0 Å². The maximum absolute atomic E-state index is 12.5. The fourth-order valence-corrected chi connectivity index (χ4v) is 2.83. The van der Waals surface area contributed by atoms with Gasteiger partial charge in [-0.3, -0.25) is 4.90 Å². The van der Waals surface area contributed by atoms with Crippen LogP contribution in [0.15, 0.2) is 54.6 Å². The van der Waals surface area contributed by atoms with Gasteiger partial charge in [-0.15, -0.1) is 0 Å². The van der Waals surface area contributed by atoms with Crippen LogP contribution in [0.1, 0.15) is 22.7 Å². The molecule has 1 aliphatic rings. The molecule has 1 heterocycles. The fourth-order valence-electron chi connectivity index (χ4n) is 2.83. The number of fused-ring (bicyclic) bond motifs is 1. The van der Waals surface area contributed by atoms with Crippen LogP contribution >= 0.6 is 0 Å². The standard InChI is InChI=1S/C18H17NO4/c20-17(23-12-13-6-2-1-3-7-13)16-15-9-5-4-8-14(15)10-11-19(16)18(21)22/h1-9,16H,10-12H2,(H,21,22)/t16-/m0/s1. The number of hydrogen-bond donors (Lipinski definition) is 1. The second kappa shape index (κ2) is 6.52. The predicted octanol–water partition coefficient (Wildman–Crippen LogP) is 3.01. The van der Waals surface area contributed by atoms with Gasteiger partial charge in [0.1, 0.15) is 6.61 Å². The van der Waals surface area contributed by atoms with Gasteiger partial charge in [0.05, 0.1) is 0 Å². The average Bonchev–Trinajstić information content (AvgIpc) is 2.59. The van der Waals surface area contributed by atoms with Crippen LogP contribution in [-0.4, -0.2) is 28.6 Å². The molecule has 0 aromatic heterocycles. The smallest absolute Gasteiger partial charge is 0.408 e. The van der Waals surface area contributed by atoms with E-state index in [0.29, 0.717) is 12.0 Å². The molecular weight excluding hydrogens is 294 g/mol. The number of amides is 1. The maximum Gasteiger partial charge on any atom is 0.408 e. The average molecular weight is 311 g/mol. The first-order valence-corrected chi connectivity index (χ1v) is 7.45. The molecule has 1 aliphatic heterocycles. The van der Waals surface area contributed by atoms with Gasteiger partial charge in [0, 0.05) is 6.54 Å². The molecule has 0 saturated heterocycles. The van der Waals surface area contributed by atoms with Gasteiger partial charge >= 0.3 is 12.1 Å². The van der Waals surface area contributed by atoms with Crippen molar-refractivity contribution in [2.75, 3.05) is 6.54 Å². The molecule has 5 nitrogen and oxygen atoms in total. The van der Waals surface area contributed by atoms with Gasteiger partial charge in [0.15, 0.2) is 6.04 Å². The summed E-state index contributed by atoms with van der Waals surface area (Å²) in [7, 11) is 0. The fraction of sp³-hybridized carbons (Fsp3) is 0.222. The predicted molar refractivity (Wildman–Crippen MR) is 83.9 cm³/mol. The number of carboxylic acid groups (broad SMARTS) is 1. The highest BCUT2D eigenvalue weighted by molar-refractivity contribution is 5.83. The van der Waals surface area contributed by atoms with Gasteiger partial charge in [-0.1, -0.05) is 54.6 Å². The van der Waals surface area contributed by atoms with Gasteiger partial charge in [-0.05, 0) is 23.1 Å². The van der Waals surface area contributed by atoms with E-state index < -0.39 is 18.1 Å². The third kappa shape index (κ3) is 3.18. The Hall–Kier alpha value is -2.82. The Kier molecular flexibility index (Phi) is 4.28. The molecule has 0 bridgehead atoms. The Morgan fingerprint density at radius 2 is 1.78 bits per heavy atom. The number of rotatable bonds is 3. The van der Waals surface area contributed by atoms with Crippen LogP contribution in [0.4, 0.5) is 4.79 Å². The summed E-state index contributed by atoms with van der Waals surface area (Å²) >= 11 is 0. The van der Waals surface area contributed by atoms with Crippen LogP contribution in [0.5, 0.6) is 0 Å². The van der Waals surface area contributed by atoms with Crippen molar-refractivity contribution < 1.29 is 19.4 Å². The first-order chi connectivity index (χ1) is 11.2. The largest absolute Gasteiger partial charge is 0.465 e. The topological polar surface area (TPSA) is 66.8 Å². The van der Waals surface area contributed by atoms with Gasteiger partial charge < -0.3 is 9.84 Å². The molecular formula is C18H17NO4. The second-order valence-electron chi connectivity index (χ2n) is 5.42. The van der Waals surface area contributed by atoms with Crippen LogP contribution in [0, 0.1) is 0 Å². The molecule has 5 heteroatoms. The van der Waals surface area contributed by atoms with Gasteiger partial charge in [-0.25, -0.2) is 9.59 Å². The zero-order valence-electron chi connectivity index (χ0n) is 12.5. The van der Waals surface area contributed by atoms with Crippen molar-refractivity contribution in [2.24, 2.45) is 0 Å². The Morgan fingerprint density at radius 1 is 1.09 bits per heavy atom. The lowest BCUT2D eigenvalue weighted by molar-refractivity contribution is -0.151. The molecule has 3 rings (SSSR count). The first kappa shape index (κ1) is 15.1. The highest BCUT2D eigenvalue weighted by atomic mass is 16.5. The van der Waals surface area contributed by atoms with E-state index in [9.17, 15) is 14.7 Å². The van der Waals surface area contributed by atoms with E-state index in [2.05, 4.69) is 0 Å². The molecule has 0 radical (unpaired) electrons. The Labute approximate surface area is 134 Å². The Bertz CT molecular complexity index is 714. The molecule has 0 spiro atoms. The number of esters is 1. The van der Waals surface area contributed by atoms with E-state index in [-0.39, 0.29) is 13.2 Å². The number of hydrogen-bond acceptors (Lipinski definition) is 3. The molecule has 1 atom stereocenters. The normalized spacial score (nSPS) is 16.5. The van der Waals surface area contributed by atoms with Crippen LogP contribution in [-0.2, 0) is 22.6 Å². The summed E-state index contributed by atoms with van der Waals surface area (Å²) in [4.78, 5) is 25.1. The third-order valence-electron chi connectivity index (χ3n) is 3.98. The third-order valence-corrected chi connectivity index (χ3v) is 3.98. The van der Waals surface area contributed by atoms with Crippen molar-refractivity contribution in [3.63, 3.8) is 0 Å². The summed E-state index contributed by atoms with van der Waals surface area (Å²) < 4.78 is 5.36. The van der Waals surface area contributed by atoms with E-state index >= 15 is 0 Å². The highest BCUT2D eigenvalue weighted by Crippen LogP contribution is 2.31. The lowest BCUT2D eigenvalue weighted by Crippen LogP contribution is -2.43. The highest BCUT2D eigenvalue weighted by Gasteiger charge is 2.36. The van der Waals surface area contributed by atoms with E-state index in [0.717, 1.165) is 16.0 Å². The number of carbonyl (C=O) groups excluding carboxylic acids is 1. The summed E-state index contributed by atoms with van der Waals surface area (Å²) in [5.74, 6) is -0.539. The molecule has 0 unspecified atom stereocenters. The summed E-state index contributed by atoms with van der Waals surface area (Å²) in [5.41, 5.74) is 2.57. The lowest BCUT2D eigenvalue weighted by Gasteiger charge is -2.33. The lowest BCUT2D eigenvalue weighted by atomic mass is 9.93. The summed E-state index contributed by atoms with van der Waals surface area (Å²) in [5, 5.41) is 9.39. The summed E-state index contributed by atoms with van der Waals surface area (Å²) in [6.07, 6.45) is -0.508. The van der Waals surface area contributed by atoms with Crippen LogP contribution in [0.2, 0.25) is 0 Å². The first-order valence-electron chi connectivity index (χ1n) is 7.45. The molecule has 1 amide bonds. The molecule has 0 fully saturated rings. The van der Waals surface area contributed by atoms with E-state index in [4.69, 9.17) is 4.74 Å². The SMILES string of the molecule is O=C(OCc1ccccc1)[C@@H]1c2ccccc2CCN1C(=O)O. The van der Waals surface area contributed by atoms with Gasteiger partial charge in [-0.2, -0.15) is 0 Å². The van der Waals surface area contributed by atoms with Gasteiger partial charge in [0.2, 0.25) is 0 Å². The zero-order valence-corrected chi connectivity index (χ0v) is 12.5. The zero-order chi connectivity index (χ0) is 16.2. The monoisotopic (exact) mass is 311 g/mol. The number of nitrogens with zero attached hydrogens (tertiary/aromatic N) is 1. The van der Waals surface area contributed by atoms with Crippen molar-refractivity contribution in [2.45, 2.75) is 19.1 Å². The molecule has 1 N–H and O–H groups in total. The van der Waals surface area contributed by atoms with Crippen molar-refractivity contribution in [3.05, 3.63) is 71.3 Å². The summed E-state index contributed by atoms with van der Waals surface area (Å²) in [6.45, 7) is 0.420. The molecule has 0 saturated carbocycles. The minimum absolute atomic E-state index is 0.131. The minimum Gasteiger partial charge on any atom is -0.465 e. The van der Waals surface area contributed by atoms with Gasteiger partial charge in [0.25, 0.3) is 0 Å². The molecule has 23 heavy (non-hydrogen) atoms. The maximum atomic E-state index is 12.5. The van der Waals surface area contributed by atoms with Crippen LogP contribution < -0.4 is 0 Å². The van der Waals surface area contributed by atoms with E-state index in [1.165, 1.54) is 0 Å². The van der Waals surface area contributed by atoms with Crippen molar-refractivity contribution in [1.82, 2.24) is 4.90 Å². The van der Waals surface area contributed by atoms with Crippen molar-refractivity contribution >= 4 is 12.1 Å². The Balaban J connectivity index is 1.82. The van der Waals surface area contributed by atoms with Crippen molar-refractivity contribution in [3.8, 4) is 0 Å². The molecule has 118 valence electrons. The van der Waals surface area contributed by atoms with E-state index in [1.807, 2.05) is 48.5 Å². The number of carbonyl (C=O) groups is 2. The minimum atomic E-state index is -1.11. The quantitative estimate of drug-likeness (QED) is 0.885. The molecule has 0 aliphatic carbocycles. The van der Waals surface area contributed by atoms with Crippen LogP contribution in [0.3, 0.4) is 0 Å². The summed E-state index contributed by atoms with van der Waals surface area (Å²) in [6, 6.07) is 15.8. The molecule has 2 aromatic rings. The second-order valence-corrected chi connectivity index (χ2v) is 5.42. The van der Waals surface area contributed by atoms with Crippen LogP contribution in [0.25, 0.3) is 0 Å².